The van der Waals surface area contributed by atoms with Gasteiger partial charge in [-0.15, -0.1) is 0 Å². The van der Waals surface area contributed by atoms with Crippen LogP contribution in [0.2, 0.25) is 0 Å². The summed E-state index contributed by atoms with van der Waals surface area (Å²) in [6, 6.07) is 4.01. The molecule has 0 saturated heterocycles. The first-order valence-corrected chi connectivity index (χ1v) is 9.02. The van der Waals surface area contributed by atoms with Crippen LogP contribution in [0.5, 0.6) is 0 Å². The summed E-state index contributed by atoms with van der Waals surface area (Å²) in [6.45, 7) is 16.3. The molecule has 0 radical (unpaired) electrons. The molecule has 0 spiro atoms. The number of rotatable bonds is 3. The summed E-state index contributed by atoms with van der Waals surface area (Å²) in [4.78, 5) is 10.5. The zero-order valence-corrected chi connectivity index (χ0v) is 16.5. The van der Waals surface area contributed by atoms with E-state index < -0.39 is 7.60 Å². The second kappa shape index (κ2) is 7.25. The summed E-state index contributed by atoms with van der Waals surface area (Å²) in [6.07, 6.45) is 0. The molecule has 1 rings (SSSR count). The average molecular weight is 320 g/mol. The van der Waals surface area contributed by atoms with Gasteiger partial charge in [0.15, 0.2) is 0 Å². The van der Waals surface area contributed by atoms with E-state index in [1.807, 2.05) is 19.1 Å². The van der Waals surface area contributed by atoms with Gasteiger partial charge in [0, 0.05) is 0 Å². The molecule has 0 aliphatic heterocycles. The topological polar surface area (TPSA) is 46.5 Å². The van der Waals surface area contributed by atoms with Crippen LogP contribution < -0.4 is 24.2 Å². The third-order valence-corrected chi connectivity index (χ3v) is 5.11. The molecule has 0 bridgehead atoms. The zero-order valence-electron chi connectivity index (χ0n) is 16.6. The predicted molar refractivity (Wildman–Crippen MR) is 90.8 cm³/mol. The summed E-state index contributed by atoms with van der Waals surface area (Å²) in [5.41, 5.74) is 2.44. The maximum Gasteiger partial charge on any atom is 1.00 e. The van der Waals surface area contributed by atoms with Crippen molar-refractivity contribution in [3.8, 4) is 0 Å². The molecular formula is C17H30LiO3P. The fraction of sp³-hybridized carbons (Fsp3) is 0.647. The third kappa shape index (κ3) is 4.98. The van der Waals surface area contributed by atoms with Gasteiger partial charge in [-0.05, 0) is 35.8 Å². The maximum atomic E-state index is 12.8. The van der Waals surface area contributed by atoms with E-state index in [1.165, 1.54) is 0 Å². The number of benzene rings is 1. The van der Waals surface area contributed by atoms with E-state index in [-0.39, 0.29) is 37.7 Å². The van der Waals surface area contributed by atoms with Crippen LogP contribution in [0.25, 0.3) is 0 Å². The van der Waals surface area contributed by atoms with Gasteiger partial charge in [0.2, 0.25) is 0 Å². The Labute approximate surface area is 149 Å². The summed E-state index contributed by atoms with van der Waals surface area (Å²) < 4.78 is 18.0. The summed E-state index contributed by atoms with van der Waals surface area (Å²) in [5, 5.41) is 0.481. The van der Waals surface area contributed by atoms with E-state index in [1.54, 1.807) is 6.92 Å². The van der Waals surface area contributed by atoms with E-state index >= 15 is 0 Å². The van der Waals surface area contributed by atoms with Crippen molar-refractivity contribution in [2.24, 2.45) is 0 Å². The summed E-state index contributed by atoms with van der Waals surface area (Å²) in [7, 11) is -3.83. The fourth-order valence-corrected chi connectivity index (χ4v) is 4.35. The molecule has 0 aromatic heterocycles. The Kier molecular flexibility index (Phi) is 7.23. The van der Waals surface area contributed by atoms with E-state index in [9.17, 15) is 9.46 Å². The van der Waals surface area contributed by atoms with Gasteiger partial charge in [-0.3, -0.25) is 4.57 Å². The molecule has 0 saturated carbocycles. The summed E-state index contributed by atoms with van der Waals surface area (Å²) >= 11 is 0. The van der Waals surface area contributed by atoms with Crippen molar-refractivity contribution in [2.75, 3.05) is 6.61 Å². The molecule has 3 nitrogen and oxygen atoms in total. The van der Waals surface area contributed by atoms with Crippen LogP contribution in [-0.2, 0) is 19.9 Å². The van der Waals surface area contributed by atoms with Gasteiger partial charge in [0.05, 0.1) is 11.9 Å². The Hall–Kier alpha value is -0.0326. The second-order valence-electron chi connectivity index (χ2n) is 7.65. The van der Waals surface area contributed by atoms with Crippen LogP contribution in [-0.4, -0.2) is 11.5 Å². The molecule has 0 fully saturated rings. The van der Waals surface area contributed by atoms with Crippen LogP contribution >= 0.6 is 7.60 Å². The molecule has 0 aliphatic carbocycles. The largest absolute Gasteiger partial charge is 1.00 e. The summed E-state index contributed by atoms with van der Waals surface area (Å²) in [5.74, 6) is 0. The Bertz CT molecular complexity index is 539. The standard InChI is InChI=1S/C17H29O3P.Li.H/c1-9-20-21(18,19)15-13(16(3,4)5)10-12(2)11-14(15)17(6,7)8;;/h10-11H,9H2,1-8H3,(H,18,19);;/q;+1;-1. The number of hydrogen-bond acceptors (Lipinski definition) is 2. The first-order valence-electron chi connectivity index (χ1n) is 7.44. The molecule has 22 heavy (non-hydrogen) atoms. The van der Waals surface area contributed by atoms with E-state index in [0.717, 1.165) is 16.7 Å². The van der Waals surface area contributed by atoms with E-state index in [0.29, 0.717) is 5.30 Å². The van der Waals surface area contributed by atoms with Gasteiger partial charge >= 0.3 is 26.5 Å². The molecule has 0 aliphatic rings. The third-order valence-electron chi connectivity index (χ3n) is 3.46. The molecule has 5 heteroatoms. The van der Waals surface area contributed by atoms with Crippen molar-refractivity contribution in [2.45, 2.75) is 66.2 Å². The smallest absolute Gasteiger partial charge is 1.00 e. The van der Waals surface area contributed by atoms with Gasteiger partial charge < -0.3 is 10.8 Å². The van der Waals surface area contributed by atoms with Crippen molar-refractivity contribution in [1.82, 2.24) is 0 Å². The van der Waals surface area contributed by atoms with Crippen molar-refractivity contribution in [3.05, 3.63) is 28.8 Å². The number of aryl methyl sites for hydroxylation is 1. The minimum absolute atomic E-state index is 0. The van der Waals surface area contributed by atoms with Crippen LogP contribution in [0.4, 0.5) is 0 Å². The minimum Gasteiger partial charge on any atom is -1.00 e. The molecule has 1 aromatic rings. The minimum atomic E-state index is -3.83. The van der Waals surface area contributed by atoms with Gasteiger partial charge in [-0.1, -0.05) is 59.2 Å². The number of hydrogen-bond donors (Lipinski definition) is 1. The van der Waals surface area contributed by atoms with Gasteiger partial charge in [0.1, 0.15) is 0 Å². The van der Waals surface area contributed by atoms with Crippen LogP contribution in [0, 0.1) is 6.92 Å². The Balaban J connectivity index is 0. The van der Waals surface area contributed by atoms with Crippen molar-refractivity contribution in [1.29, 1.82) is 0 Å². The maximum absolute atomic E-state index is 12.8. The van der Waals surface area contributed by atoms with Crippen molar-refractivity contribution >= 4 is 12.9 Å². The van der Waals surface area contributed by atoms with Gasteiger partial charge in [-0.25, -0.2) is 0 Å². The molecule has 1 atom stereocenters. The molecule has 1 N–H and O–H groups in total. The molecule has 1 aromatic carbocycles. The van der Waals surface area contributed by atoms with Gasteiger partial charge in [-0.2, -0.15) is 0 Å². The molecule has 122 valence electrons. The molecule has 1 unspecified atom stereocenters. The van der Waals surface area contributed by atoms with Crippen molar-refractivity contribution in [3.63, 3.8) is 0 Å². The van der Waals surface area contributed by atoms with Crippen LogP contribution in [0.3, 0.4) is 0 Å². The molecule has 0 amide bonds. The first-order chi connectivity index (χ1) is 9.30. The first kappa shape index (κ1) is 22.0. The van der Waals surface area contributed by atoms with Crippen molar-refractivity contribution < 1.29 is 34.3 Å². The fourth-order valence-electron chi connectivity index (χ4n) is 2.47. The Morgan fingerprint density at radius 1 is 1.09 bits per heavy atom. The zero-order chi connectivity index (χ0) is 16.6. The average Bonchev–Trinajstić information content (AvgIpc) is 2.24. The molecule has 0 heterocycles. The monoisotopic (exact) mass is 320 g/mol. The van der Waals surface area contributed by atoms with E-state index in [4.69, 9.17) is 4.52 Å². The Morgan fingerprint density at radius 3 is 1.73 bits per heavy atom. The van der Waals surface area contributed by atoms with Gasteiger partial charge in [0.25, 0.3) is 0 Å². The Morgan fingerprint density at radius 2 is 1.45 bits per heavy atom. The quantitative estimate of drug-likeness (QED) is 0.679. The normalized spacial score (nSPS) is 15.1. The van der Waals surface area contributed by atoms with Crippen LogP contribution in [0.1, 0.15) is 66.6 Å². The SMILES string of the molecule is CCOP(=O)(O)c1c(C(C)(C)C)cc(C)cc1C(C)(C)C.[H-].[Li+]. The predicted octanol–water partition coefficient (Wildman–Crippen LogP) is 1.55. The van der Waals surface area contributed by atoms with Crippen LogP contribution in [0.15, 0.2) is 12.1 Å². The second-order valence-corrected chi connectivity index (χ2v) is 9.39. The van der Waals surface area contributed by atoms with E-state index in [2.05, 4.69) is 41.5 Å². The molecular weight excluding hydrogens is 290 g/mol.